The van der Waals surface area contributed by atoms with E-state index in [1.54, 1.807) is 30.3 Å². The second kappa shape index (κ2) is 6.23. The van der Waals surface area contributed by atoms with Gasteiger partial charge < -0.3 is 24.8 Å². The Kier molecular flexibility index (Phi) is 4.70. The summed E-state index contributed by atoms with van der Waals surface area (Å²) in [5, 5.41) is 0. The van der Waals surface area contributed by atoms with Gasteiger partial charge in [0.2, 0.25) is 0 Å². The van der Waals surface area contributed by atoms with E-state index in [9.17, 15) is 4.79 Å². The molecule has 2 atom stereocenters. The molecule has 23 heavy (non-hydrogen) atoms. The summed E-state index contributed by atoms with van der Waals surface area (Å²) in [4.78, 5) is 17.9. The summed E-state index contributed by atoms with van der Waals surface area (Å²) in [5.41, 5.74) is 4.62. The minimum atomic E-state index is -0.654. The van der Waals surface area contributed by atoms with Gasteiger partial charge in [-0.05, 0) is 39.8 Å². The molecule has 128 valence electrons. The van der Waals surface area contributed by atoms with Crippen molar-refractivity contribution in [3.05, 3.63) is 18.3 Å². The standard InChI is InChI=1S/C16H25N3O4/c1-15(2,3)23-14(20)19-9-12(16(4,10-19)21-5)22-11-7-6-8-18-13(11)17/h6-8,12H,9-10H2,1-5H3,(H2,17,18). The molecule has 2 unspecified atom stereocenters. The molecule has 7 nitrogen and oxygen atoms in total. The van der Waals surface area contributed by atoms with Crippen molar-refractivity contribution in [2.45, 2.75) is 45.0 Å². The average molecular weight is 323 g/mol. The third kappa shape index (κ3) is 4.04. The highest BCUT2D eigenvalue weighted by molar-refractivity contribution is 5.69. The second-order valence-corrected chi connectivity index (χ2v) is 6.87. The summed E-state index contributed by atoms with van der Waals surface area (Å²) in [5.74, 6) is 0.786. The van der Waals surface area contributed by atoms with Crippen molar-refractivity contribution in [1.29, 1.82) is 0 Å². The molecule has 7 heteroatoms. The van der Waals surface area contributed by atoms with Crippen LogP contribution in [0.2, 0.25) is 0 Å². The number of ether oxygens (including phenoxy) is 3. The zero-order valence-electron chi connectivity index (χ0n) is 14.3. The predicted molar refractivity (Wildman–Crippen MR) is 86.3 cm³/mol. The molecular formula is C16H25N3O4. The minimum absolute atomic E-state index is 0.307. The lowest BCUT2D eigenvalue weighted by molar-refractivity contribution is -0.0490. The number of nitrogens with zero attached hydrogens (tertiary/aromatic N) is 2. The number of anilines is 1. The van der Waals surface area contributed by atoms with Crippen LogP contribution in [0.5, 0.6) is 5.75 Å². The van der Waals surface area contributed by atoms with E-state index in [2.05, 4.69) is 4.98 Å². The number of methoxy groups -OCH3 is 1. The van der Waals surface area contributed by atoms with Crippen LogP contribution in [-0.4, -0.2) is 53.5 Å². The SMILES string of the molecule is COC1(C)CN(C(=O)OC(C)(C)C)CC1Oc1cccnc1N. The van der Waals surface area contributed by atoms with E-state index in [1.807, 2.05) is 27.7 Å². The summed E-state index contributed by atoms with van der Waals surface area (Å²) in [7, 11) is 1.60. The minimum Gasteiger partial charge on any atom is -0.482 e. The highest BCUT2D eigenvalue weighted by atomic mass is 16.6. The summed E-state index contributed by atoms with van der Waals surface area (Å²) in [6, 6.07) is 3.49. The maximum Gasteiger partial charge on any atom is 0.410 e. The number of pyridine rings is 1. The Bertz CT molecular complexity index is 573. The molecule has 0 spiro atoms. The zero-order valence-corrected chi connectivity index (χ0v) is 14.3. The van der Waals surface area contributed by atoms with Crippen molar-refractivity contribution in [3.8, 4) is 5.75 Å². The van der Waals surface area contributed by atoms with Gasteiger partial charge in [0.25, 0.3) is 0 Å². The number of carbonyl (C=O) groups is 1. The maximum absolute atomic E-state index is 12.3. The Hall–Kier alpha value is -2.02. The number of likely N-dealkylation sites (tertiary alicyclic amines) is 1. The highest BCUT2D eigenvalue weighted by Gasteiger charge is 2.48. The maximum atomic E-state index is 12.3. The number of amides is 1. The van der Waals surface area contributed by atoms with Gasteiger partial charge in [0, 0.05) is 13.3 Å². The molecular weight excluding hydrogens is 298 g/mol. The average Bonchev–Trinajstić information content (AvgIpc) is 2.78. The van der Waals surface area contributed by atoms with Crippen LogP contribution in [0.25, 0.3) is 0 Å². The van der Waals surface area contributed by atoms with Gasteiger partial charge in [0.1, 0.15) is 17.3 Å². The Morgan fingerprint density at radius 2 is 2.17 bits per heavy atom. The summed E-state index contributed by atoms with van der Waals surface area (Å²) < 4.78 is 17.0. The molecule has 1 saturated heterocycles. The zero-order chi connectivity index (χ0) is 17.3. The van der Waals surface area contributed by atoms with E-state index in [0.29, 0.717) is 24.7 Å². The molecule has 1 aromatic rings. The van der Waals surface area contributed by atoms with Crippen LogP contribution in [0, 0.1) is 0 Å². The molecule has 0 aromatic carbocycles. The lowest BCUT2D eigenvalue weighted by Gasteiger charge is -2.29. The molecule has 2 heterocycles. The number of hydrogen-bond acceptors (Lipinski definition) is 6. The monoisotopic (exact) mass is 323 g/mol. The van der Waals surface area contributed by atoms with Crippen LogP contribution in [-0.2, 0) is 9.47 Å². The van der Waals surface area contributed by atoms with E-state index >= 15 is 0 Å². The van der Waals surface area contributed by atoms with Crippen LogP contribution in [0.4, 0.5) is 10.6 Å². The first-order valence-electron chi connectivity index (χ1n) is 7.55. The first-order valence-corrected chi connectivity index (χ1v) is 7.55. The summed E-state index contributed by atoms with van der Waals surface area (Å²) in [6.45, 7) is 8.13. The molecule has 0 aliphatic carbocycles. The van der Waals surface area contributed by atoms with Gasteiger partial charge in [-0.1, -0.05) is 0 Å². The third-order valence-electron chi connectivity index (χ3n) is 3.76. The van der Waals surface area contributed by atoms with Crippen LogP contribution in [0.15, 0.2) is 18.3 Å². The second-order valence-electron chi connectivity index (χ2n) is 6.87. The fourth-order valence-electron chi connectivity index (χ4n) is 2.42. The molecule has 0 bridgehead atoms. The lowest BCUT2D eigenvalue weighted by Crippen LogP contribution is -2.44. The van der Waals surface area contributed by atoms with Gasteiger partial charge in [-0.15, -0.1) is 0 Å². The number of rotatable bonds is 3. The Morgan fingerprint density at radius 1 is 1.48 bits per heavy atom. The molecule has 1 aliphatic rings. The Balaban J connectivity index is 2.13. The predicted octanol–water partition coefficient (Wildman–Crippen LogP) is 2.07. The highest BCUT2D eigenvalue weighted by Crippen LogP contribution is 2.31. The molecule has 0 radical (unpaired) electrons. The molecule has 1 aliphatic heterocycles. The molecule has 1 aromatic heterocycles. The molecule has 1 fully saturated rings. The van der Waals surface area contributed by atoms with Gasteiger partial charge in [-0.3, -0.25) is 0 Å². The number of aromatic nitrogens is 1. The number of hydrogen-bond donors (Lipinski definition) is 1. The topological polar surface area (TPSA) is 86.9 Å². The Morgan fingerprint density at radius 3 is 2.74 bits per heavy atom. The van der Waals surface area contributed by atoms with E-state index in [0.717, 1.165) is 0 Å². The van der Waals surface area contributed by atoms with Gasteiger partial charge in [-0.2, -0.15) is 0 Å². The normalized spacial score (nSPS) is 24.6. The first kappa shape index (κ1) is 17.3. The van der Waals surface area contributed by atoms with Crippen molar-refractivity contribution in [1.82, 2.24) is 9.88 Å². The van der Waals surface area contributed by atoms with Gasteiger partial charge >= 0.3 is 6.09 Å². The van der Waals surface area contributed by atoms with Crippen molar-refractivity contribution in [2.24, 2.45) is 0 Å². The van der Waals surface area contributed by atoms with Crippen molar-refractivity contribution in [3.63, 3.8) is 0 Å². The van der Waals surface area contributed by atoms with E-state index in [1.165, 1.54) is 0 Å². The molecule has 2 N–H and O–H groups in total. The van der Waals surface area contributed by atoms with Crippen LogP contribution in [0.3, 0.4) is 0 Å². The summed E-state index contributed by atoms with van der Waals surface area (Å²) >= 11 is 0. The number of nitrogen functional groups attached to an aromatic ring is 1. The Labute approximate surface area is 136 Å². The fourth-order valence-corrected chi connectivity index (χ4v) is 2.42. The number of carbonyl (C=O) groups excluding carboxylic acids is 1. The molecule has 0 saturated carbocycles. The van der Waals surface area contributed by atoms with E-state index < -0.39 is 11.2 Å². The third-order valence-corrected chi connectivity index (χ3v) is 3.76. The van der Waals surface area contributed by atoms with E-state index in [-0.39, 0.29) is 12.2 Å². The summed E-state index contributed by atoms with van der Waals surface area (Å²) in [6.07, 6.45) is 0.844. The van der Waals surface area contributed by atoms with Crippen LogP contribution < -0.4 is 10.5 Å². The van der Waals surface area contributed by atoms with Crippen molar-refractivity contribution >= 4 is 11.9 Å². The van der Waals surface area contributed by atoms with Gasteiger partial charge in [-0.25, -0.2) is 9.78 Å². The largest absolute Gasteiger partial charge is 0.482 e. The number of nitrogens with two attached hydrogens (primary N) is 1. The molecule has 1 amide bonds. The smallest absolute Gasteiger partial charge is 0.410 e. The van der Waals surface area contributed by atoms with Crippen LogP contribution >= 0.6 is 0 Å². The van der Waals surface area contributed by atoms with Crippen molar-refractivity contribution in [2.75, 3.05) is 25.9 Å². The lowest BCUT2D eigenvalue weighted by atomic mass is 10.0. The van der Waals surface area contributed by atoms with Crippen molar-refractivity contribution < 1.29 is 19.0 Å². The van der Waals surface area contributed by atoms with Gasteiger partial charge in [0.05, 0.1) is 13.1 Å². The molecule has 2 rings (SSSR count). The quantitative estimate of drug-likeness (QED) is 0.916. The fraction of sp³-hybridized carbons (Fsp3) is 0.625. The van der Waals surface area contributed by atoms with E-state index in [4.69, 9.17) is 19.9 Å². The van der Waals surface area contributed by atoms with Gasteiger partial charge in [0.15, 0.2) is 11.6 Å². The van der Waals surface area contributed by atoms with Crippen LogP contribution in [0.1, 0.15) is 27.7 Å². The first-order chi connectivity index (χ1) is 10.6.